The minimum absolute atomic E-state index is 0.0206. The van der Waals surface area contributed by atoms with Crippen molar-refractivity contribution in [1.29, 1.82) is 0 Å². The molecule has 0 radical (unpaired) electrons. The number of nitrogens with one attached hydrogen (secondary N) is 1. The Morgan fingerprint density at radius 3 is 2.79 bits per heavy atom. The van der Waals surface area contributed by atoms with Gasteiger partial charge in [0, 0.05) is 43.6 Å². The molecule has 0 saturated carbocycles. The summed E-state index contributed by atoms with van der Waals surface area (Å²) in [5, 5.41) is 0. The third-order valence-electron chi connectivity index (χ3n) is 7.07. The van der Waals surface area contributed by atoms with Crippen LogP contribution in [0.1, 0.15) is 65.6 Å². The molecule has 2 aliphatic heterocycles. The molecular formula is C22H29N5O. The molecule has 0 atom stereocenters. The highest BCUT2D eigenvalue weighted by Crippen LogP contribution is 2.42. The van der Waals surface area contributed by atoms with Gasteiger partial charge in [-0.15, -0.1) is 0 Å². The molecule has 1 N–H and O–H groups in total. The smallest absolute Gasteiger partial charge is 0.255 e. The quantitative estimate of drug-likeness (QED) is 0.871. The standard InChI is InChI=1S/C22H29N5O/c1-2-27-10-7-19-20(25-15-24-19)22(27)8-11-26(12-9-22)21(28)17-13-16-5-3-4-6-18(16)23-14-17/h13-15H,2-12H2,1H3,(H,24,25). The number of aromatic nitrogens is 3. The van der Waals surface area contributed by atoms with Gasteiger partial charge in [0.25, 0.3) is 5.91 Å². The van der Waals surface area contributed by atoms with E-state index in [1.165, 1.54) is 35.5 Å². The number of aromatic amines is 1. The Hall–Kier alpha value is -2.21. The van der Waals surface area contributed by atoms with E-state index >= 15 is 0 Å². The number of H-pyrrole nitrogens is 1. The van der Waals surface area contributed by atoms with E-state index in [2.05, 4.69) is 27.9 Å². The van der Waals surface area contributed by atoms with Crippen LogP contribution < -0.4 is 0 Å². The summed E-state index contributed by atoms with van der Waals surface area (Å²) in [4.78, 5) is 30.4. The zero-order chi connectivity index (χ0) is 19.1. The molecular weight excluding hydrogens is 350 g/mol. The number of amides is 1. The predicted molar refractivity (Wildman–Crippen MR) is 107 cm³/mol. The van der Waals surface area contributed by atoms with Crippen LogP contribution in [0.15, 0.2) is 18.6 Å². The Balaban J connectivity index is 1.35. The van der Waals surface area contributed by atoms with E-state index < -0.39 is 0 Å². The topological polar surface area (TPSA) is 65.1 Å². The monoisotopic (exact) mass is 379 g/mol. The van der Waals surface area contributed by atoms with Crippen LogP contribution in [0.3, 0.4) is 0 Å². The van der Waals surface area contributed by atoms with Crippen molar-refractivity contribution in [1.82, 2.24) is 24.8 Å². The van der Waals surface area contributed by atoms with Gasteiger partial charge in [0.15, 0.2) is 0 Å². The Morgan fingerprint density at radius 1 is 1.14 bits per heavy atom. The first kappa shape index (κ1) is 17.9. The van der Waals surface area contributed by atoms with Gasteiger partial charge in [-0.2, -0.15) is 0 Å². The Kier molecular flexibility index (Phi) is 4.46. The molecule has 0 bridgehead atoms. The Morgan fingerprint density at radius 2 is 1.96 bits per heavy atom. The van der Waals surface area contributed by atoms with Crippen LogP contribution in [0.2, 0.25) is 0 Å². The number of carbonyl (C=O) groups excluding carboxylic acids is 1. The van der Waals surface area contributed by atoms with Crippen molar-refractivity contribution < 1.29 is 4.79 Å². The number of rotatable bonds is 2. The highest BCUT2D eigenvalue weighted by atomic mass is 16.2. The normalized spacial score (nSPS) is 21.4. The van der Waals surface area contributed by atoms with E-state index in [1.807, 2.05) is 11.2 Å². The van der Waals surface area contributed by atoms with Gasteiger partial charge in [-0.25, -0.2) is 4.98 Å². The molecule has 5 rings (SSSR count). The van der Waals surface area contributed by atoms with Gasteiger partial charge in [0.2, 0.25) is 0 Å². The number of carbonyl (C=O) groups is 1. The maximum atomic E-state index is 13.2. The minimum atomic E-state index is -0.0206. The van der Waals surface area contributed by atoms with Gasteiger partial charge in [-0.1, -0.05) is 6.92 Å². The minimum Gasteiger partial charge on any atom is -0.348 e. The molecule has 1 fully saturated rings. The molecule has 4 heterocycles. The molecule has 1 spiro atoms. The number of nitrogens with zero attached hydrogens (tertiary/aromatic N) is 4. The molecule has 6 heteroatoms. The summed E-state index contributed by atoms with van der Waals surface area (Å²) < 4.78 is 0. The highest BCUT2D eigenvalue weighted by molar-refractivity contribution is 5.94. The van der Waals surface area contributed by atoms with Crippen LogP contribution in [0.25, 0.3) is 0 Å². The van der Waals surface area contributed by atoms with E-state index in [4.69, 9.17) is 4.98 Å². The zero-order valence-electron chi connectivity index (χ0n) is 16.7. The molecule has 1 saturated heterocycles. The summed E-state index contributed by atoms with van der Waals surface area (Å²) in [5.41, 5.74) is 5.69. The van der Waals surface area contributed by atoms with E-state index in [0.29, 0.717) is 0 Å². The number of pyridine rings is 1. The number of imidazole rings is 1. The number of hydrogen-bond donors (Lipinski definition) is 1. The van der Waals surface area contributed by atoms with Crippen molar-refractivity contribution in [2.45, 2.75) is 57.4 Å². The largest absolute Gasteiger partial charge is 0.348 e. The summed E-state index contributed by atoms with van der Waals surface area (Å²) in [6.45, 7) is 5.87. The van der Waals surface area contributed by atoms with Crippen LogP contribution in [0, 0.1) is 0 Å². The van der Waals surface area contributed by atoms with Gasteiger partial charge in [-0.3, -0.25) is 14.7 Å². The average Bonchev–Trinajstić information content (AvgIpc) is 3.24. The fraction of sp³-hybridized carbons (Fsp3) is 0.591. The zero-order valence-corrected chi connectivity index (χ0v) is 16.7. The molecule has 1 amide bonds. The van der Waals surface area contributed by atoms with Crippen LogP contribution in [-0.4, -0.2) is 56.8 Å². The fourth-order valence-electron chi connectivity index (χ4n) is 5.50. The van der Waals surface area contributed by atoms with Crippen LogP contribution in [0.5, 0.6) is 0 Å². The van der Waals surface area contributed by atoms with Gasteiger partial charge >= 0.3 is 0 Å². The molecule has 3 aliphatic rings. The molecule has 2 aromatic heterocycles. The average molecular weight is 380 g/mol. The predicted octanol–water partition coefficient (Wildman–Crippen LogP) is 2.69. The third kappa shape index (κ3) is 2.77. The van der Waals surface area contributed by atoms with Crippen molar-refractivity contribution >= 4 is 5.91 Å². The van der Waals surface area contributed by atoms with Gasteiger partial charge in [0.1, 0.15) is 0 Å². The second-order valence-electron chi connectivity index (χ2n) is 8.42. The lowest BCUT2D eigenvalue weighted by Crippen LogP contribution is -2.57. The van der Waals surface area contributed by atoms with Gasteiger partial charge < -0.3 is 9.88 Å². The number of hydrogen-bond acceptors (Lipinski definition) is 4. The maximum absolute atomic E-state index is 13.2. The first-order valence-electron chi connectivity index (χ1n) is 10.8. The molecule has 28 heavy (non-hydrogen) atoms. The van der Waals surface area contributed by atoms with E-state index in [-0.39, 0.29) is 11.4 Å². The fourth-order valence-corrected chi connectivity index (χ4v) is 5.50. The SMILES string of the molecule is CCN1CCc2[nH]cnc2C12CCN(C(=O)c1cnc3c(c1)CCCC3)CC2. The number of piperidine rings is 1. The first-order valence-corrected chi connectivity index (χ1v) is 10.8. The Bertz CT molecular complexity index is 881. The number of likely N-dealkylation sites (tertiary alicyclic amines) is 1. The summed E-state index contributed by atoms with van der Waals surface area (Å²) >= 11 is 0. The van der Waals surface area contributed by atoms with Crippen molar-refractivity contribution in [2.75, 3.05) is 26.2 Å². The lowest BCUT2D eigenvalue weighted by Gasteiger charge is -2.50. The lowest BCUT2D eigenvalue weighted by atomic mass is 9.78. The number of fused-ring (bicyclic) bond motifs is 3. The molecule has 0 aromatic carbocycles. The summed E-state index contributed by atoms with van der Waals surface area (Å²) in [6.07, 6.45) is 11.1. The molecule has 1 aliphatic carbocycles. The second kappa shape index (κ2) is 6.99. The summed E-state index contributed by atoms with van der Waals surface area (Å²) in [6, 6.07) is 2.10. The number of likely N-dealkylation sites (N-methyl/N-ethyl adjacent to an activating group) is 1. The summed E-state index contributed by atoms with van der Waals surface area (Å²) in [7, 11) is 0. The molecule has 2 aromatic rings. The van der Waals surface area contributed by atoms with Crippen molar-refractivity contribution in [3.05, 3.63) is 46.8 Å². The molecule has 6 nitrogen and oxygen atoms in total. The summed E-state index contributed by atoms with van der Waals surface area (Å²) in [5.74, 6) is 0.136. The lowest BCUT2D eigenvalue weighted by molar-refractivity contribution is 0.0102. The van der Waals surface area contributed by atoms with Gasteiger partial charge in [-0.05, 0) is 56.7 Å². The second-order valence-corrected chi connectivity index (χ2v) is 8.42. The van der Waals surface area contributed by atoms with Crippen molar-refractivity contribution in [3.63, 3.8) is 0 Å². The van der Waals surface area contributed by atoms with Crippen LogP contribution in [-0.2, 0) is 24.8 Å². The van der Waals surface area contributed by atoms with Crippen molar-refractivity contribution in [3.8, 4) is 0 Å². The van der Waals surface area contributed by atoms with E-state index in [9.17, 15) is 4.79 Å². The highest BCUT2D eigenvalue weighted by Gasteiger charge is 2.46. The first-order chi connectivity index (χ1) is 13.7. The van der Waals surface area contributed by atoms with Crippen molar-refractivity contribution in [2.24, 2.45) is 0 Å². The molecule has 148 valence electrons. The van der Waals surface area contributed by atoms with Gasteiger partial charge in [0.05, 0.1) is 23.1 Å². The Labute approximate surface area is 166 Å². The van der Waals surface area contributed by atoms with E-state index in [1.54, 1.807) is 6.20 Å². The molecule has 0 unspecified atom stereocenters. The van der Waals surface area contributed by atoms with E-state index in [0.717, 1.165) is 63.8 Å². The van der Waals surface area contributed by atoms with Crippen LogP contribution >= 0.6 is 0 Å². The third-order valence-corrected chi connectivity index (χ3v) is 7.07. The van der Waals surface area contributed by atoms with Crippen LogP contribution in [0.4, 0.5) is 0 Å². The number of aryl methyl sites for hydroxylation is 2. The maximum Gasteiger partial charge on any atom is 0.255 e.